The van der Waals surface area contributed by atoms with Gasteiger partial charge in [-0.25, -0.2) is 9.97 Å². The molecule has 0 saturated heterocycles. The number of para-hydroxylation sites is 1. The maximum atomic E-state index is 13.5. The van der Waals surface area contributed by atoms with Crippen molar-refractivity contribution in [2.24, 2.45) is 0 Å². The van der Waals surface area contributed by atoms with Crippen molar-refractivity contribution >= 4 is 28.2 Å². The second-order valence-corrected chi connectivity index (χ2v) is 9.05. The number of nitrogens with zero attached hydrogens (tertiary/aromatic N) is 3. The number of fused-ring (bicyclic) bond motifs is 2. The predicted octanol–water partition coefficient (Wildman–Crippen LogP) is 3.77. The normalized spacial score (nSPS) is 20.2. The molecular formula is C22H20N4O3S. The number of amides is 1. The maximum absolute atomic E-state index is 13.5. The number of rotatable bonds is 3. The Bertz CT molecular complexity index is 1220. The quantitative estimate of drug-likeness (QED) is 0.526. The molecule has 4 heterocycles. The minimum atomic E-state index is -0.863. The number of benzene rings is 1. The zero-order chi connectivity index (χ0) is 20.3. The highest BCUT2D eigenvalue weighted by Crippen LogP contribution is 2.43. The SMILES string of the molecule is O=C(c1cnc(C2(O)CCC2)s1)N1CCc2[nH]cnc2[C@H]1c1cc2ccccc2o1. The molecule has 1 fully saturated rings. The van der Waals surface area contributed by atoms with Gasteiger partial charge in [0.2, 0.25) is 0 Å². The van der Waals surface area contributed by atoms with Crippen LogP contribution >= 0.6 is 11.3 Å². The van der Waals surface area contributed by atoms with Crippen LogP contribution in [-0.2, 0) is 12.0 Å². The molecule has 1 saturated carbocycles. The summed E-state index contributed by atoms with van der Waals surface area (Å²) in [6.45, 7) is 0.549. The van der Waals surface area contributed by atoms with Crippen LogP contribution in [0.25, 0.3) is 11.0 Å². The van der Waals surface area contributed by atoms with Crippen LogP contribution in [0.3, 0.4) is 0 Å². The monoisotopic (exact) mass is 420 g/mol. The third-order valence-corrected chi connectivity index (χ3v) is 7.37. The Morgan fingerprint density at radius 2 is 2.17 bits per heavy atom. The van der Waals surface area contributed by atoms with Crippen molar-refractivity contribution in [3.63, 3.8) is 0 Å². The molecule has 1 aromatic carbocycles. The lowest BCUT2D eigenvalue weighted by molar-refractivity contribution is -0.0389. The summed E-state index contributed by atoms with van der Waals surface area (Å²) in [5, 5.41) is 12.2. The van der Waals surface area contributed by atoms with Crippen LogP contribution in [0, 0.1) is 0 Å². The van der Waals surface area contributed by atoms with Crippen LogP contribution in [-0.4, -0.2) is 37.4 Å². The second-order valence-electron chi connectivity index (χ2n) is 8.02. The van der Waals surface area contributed by atoms with Crippen molar-refractivity contribution in [1.82, 2.24) is 19.9 Å². The van der Waals surface area contributed by atoms with Gasteiger partial charge in [-0.2, -0.15) is 0 Å². The molecule has 4 aromatic rings. The second kappa shape index (κ2) is 6.52. The number of nitrogens with one attached hydrogen (secondary N) is 1. The number of carbonyl (C=O) groups excluding carboxylic acids is 1. The first-order valence-electron chi connectivity index (χ1n) is 10.1. The number of hydrogen-bond donors (Lipinski definition) is 2. The lowest BCUT2D eigenvalue weighted by Crippen LogP contribution is -2.40. The molecule has 0 radical (unpaired) electrons. The number of aromatic nitrogens is 3. The van der Waals surface area contributed by atoms with E-state index in [4.69, 9.17) is 4.42 Å². The molecule has 1 aliphatic carbocycles. The molecule has 1 atom stereocenters. The fourth-order valence-electron chi connectivity index (χ4n) is 4.38. The summed E-state index contributed by atoms with van der Waals surface area (Å²) in [6.07, 6.45) is 6.36. The third-order valence-electron chi connectivity index (χ3n) is 6.20. The molecule has 0 spiro atoms. The molecule has 6 rings (SSSR count). The molecule has 3 aromatic heterocycles. The van der Waals surface area contributed by atoms with Gasteiger partial charge < -0.3 is 19.4 Å². The zero-order valence-electron chi connectivity index (χ0n) is 16.2. The van der Waals surface area contributed by atoms with Gasteiger partial charge in [0.15, 0.2) is 0 Å². The number of hydrogen-bond acceptors (Lipinski definition) is 6. The predicted molar refractivity (Wildman–Crippen MR) is 111 cm³/mol. The number of thiazole rings is 1. The van der Waals surface area contributed by atoms with Crippen LogP contribution in [0.5, 0.6) is 0 Å². The Morgan fingerprint density at radius 3 is 2.97 bits per heavy atom. The summed E-state index contributed by atoms with van der Waals surface area (Å²) in [5.41, 5.74) is 1.77. The molecule has 152 valence electrons. The van der Waals surface area contributed by atoms with Crippen molar-refractivity contribution in [3.8, 4) is 0 Å². The van der Waals surface area contributed by atoms with Gasteiger partial charge in [0.05, 0.1) is 18.2 Å². The fourth-order valence-corrected chi connectivity index (χ4v) is 5.39. The summed E-state index contributed by atoms with van der Waals surface area (Å²) in [4.78, 5) is 27.9. The highest BCUT2D eigenvalue weighted by molar-refractivity contribution is 7.13. The van der Waals surface area contributed by atoms with Gasteiger partial charge in [0.25, 0.3) is 5.91 Å². The van der Waals surface area contributed by atoms with E-state index in [0.29, 0.717) is 41.5 Å². The molecule has 1 amide bonds. The van der Waals surface area contributed by atoms with Gasteiger partial charge in [-0.15, -0.1) is 11.3 Å². The Kier molecular flexibility index (Phi) is 3.88. The standard InChI is InChI=1S/C22H20N4O3S/c27-20(17-11-23-21(30-17)22(28)7-3-8-22)26-9-6-14-18(25-12-24-14)19(26)16-10-13-4-1-2-5-15(13)29-16/h1-2,4-5,10-12,19,28H,3,6-9H2,(H,24,25)/t19-/m1/s1. The Balaban J connectivity index is 1.40. The van der Waals surface area contributed by atoms with Crippen molar-refractivity contribution in [2.45, 2.75) is 37.3 Å². The lowest BCUT2D eigenvalue weighted by atomic mass is 9.81. The number of carbonyl (C=O) groups is 1. The minimum absolute atomic E-state index is 0.110. The van der Waals surface area contributed by atoms with Crippen molar-refractivity contribution in [1.29, 1.82) is 0 Å². The summed E-state index contributed by atoms with van der Waals surface area (Å²) in [6, 6.07) is 9.40. The molecule has 0 bridgehead atoms. The Morgan fingerprint density at radius 1 is 1.30 bits per heavy atom. The van der Waals surface area contributed by atoms with Gasteiger partial charge in [-0.05, 0) is 31.4 Å². The van der Waals surface area contributed by atoms with Crippen LogP contribution in [0.2, 0.25) is 0 Å². The highest BCUT2D eigenvalue weighted by Gasteiger charge is 2.41. The Hall–Kier alpha value is -2.97. The van der Waals surface area contributed by atoms with E-state index in [0.717, 1.165) is 28.8 Å². The topological polar surface area (TPSA) is 95.2 Å². The third kappa shape index (κ3) is 2.64. The summed E-state index contributed by atoms with van der Waals surface area (Å²) in [7, 11) is 0. The number of H-pyrrole nitrogens is 1. The van der Waals surface area contributed by atoms with Crippen molar-refractivity contribution in [2.75, 3.05) is 6.54 Å². The molecule has 30 heavy (non-hydrogen) atoms. The molecular weight excluding hydrogens is 400 g/mol. The van der Waals surface area contributed by atoms with Gasteiger partial charge in [-0.1, -0.05) is 18.2 Å². The summed E-state index contributed by atoms with van der Waals surface area (Å²) in [5.74, 6) is 0.584. The molecule has 1 aliphatic heterocycles. The van der Waals surface area contributed by atoms with E-state index in [1.54, 1.807) is 12.5 Å². The largest absolute Gasteiger partial charge is 0.458 e. The molecule has 2 N–H and O–H groups in total. The van der Waals surface area contributed by atoms with Crippen molar-refractivity contribution in [3.05, 3.63) is 69.9 Å². The van der Waals surface area contributed by atoms with E-state index in [1.807, 2.05) is 35.2 Å². The first-order chi connectivity index (χ1) is 14.6. The molecule has 7 nitrogen and oxygen atoms in total. The number of imidazole rings is 1. The molecule has 8 heteroatoms. The Labute approximate surface area is 176 Å². The van der Waals surface area contributed by atoms with Gasteiger partial charge in [0, 0.05) is 24.0 Å². The van der Waals surface area contributed by atoms with E-state index in [2.05, 4.69) is 15.0 Å². The zero-order valence-corrected chi connectivity index (χ0v) is 17.0. The van der Waals surface area contributed by atoms with Gasteiger partial charge in [-0.3, -0.25) is 4.79 Å². The lowest BCUT2D eigenvalue weighted by Gasteiger charge is -2.34. The number of furan rings is 1. The minimum Gasteiger partial charge on any atom is -0.458 e. The first-order valence-corrected chi connectivity index (χ1v) is 10.9. The average molecular weight is 420 g/mol. The van der Waals surface area contributed by atoms with Crippen LogP contribution in [0.15, 0.2) is 47.3 Å². The first kappa shape index (κ1) is 17.9. The molecule has 2 aliphatic rings. The van der Waals surface area contributed by atoms with E-state index < -0.39 is 11.6 Å². The average Bonchev–Trinajstić information content (AvgIpc) is 3.49. The molecule has 0 unspecified atom stereocenters. The van der Waals surface area contributed by atoms with Gasteiger partial charge in [0.1, 0.15) is 32.9 Å². The highest BCUT2D eigenvalue weighted by atomic mass is 32.1. The van der Waals surface area contributed by atoms with Gasteiger partial charge >= 0.3 is 0 Å². The van der Waals surface area contributed by atoms with E-state index in [9.17, 15) is 9.90 Å². The van der Waals surface area contributed by atoms with Crippen LogP contribution < -0.4 is 0 Å². The van der Waals surface area contributed by atoms with E-state index in [-0.39, 0.29) is 5.91 Å². The van der Waals surface area contributed by atoms with E-state index >= 15 is 0 Å². The summed E-state index contributed by atoms with van der Waals surface area (Å²) < 4.78 is 6.14. The smallest absolute Gasteiger partial charge is 0.266 e. The fraction of sp³-hybridized carbons (Fsp3) is 0.318. The van der Waals surface area contributed by atoms with Crippen LogP contribution in [0.4, 0.5) is 0 Å². The number of aromatic amines is 1. The van der Waals surface area contributed by atoms with Crippen molar-refractivity contribution < 1.29 is 14.3 Å². The maximum Gasteiger partial charge on any atom is 0.266 e. The van der Waals surface area contributed by atoms with E-state index in [1.165, 1.54) is 11.3 Å². The summed E-state index contributed by atoms with van der Waals surface area (Å²) >= 11 is 1.29. The van der Waals surface area contributed by atoms with Crippen LogP contribution in [0.1, 0.15) is 57.1 Å². The number of aliphatic hydroxyl groups is 1.